The third-order valence-electron chi connectivity index (χ3n) is 3.24. The van der Waals surface area contributed by atoms with Crippen molar-refractivity contribution in [3.05, 3.63) is 33.8 Å². The molecule has 0 aliphatic carbocycles. The maximum Gasteiger partial charge on any atom is 0.0486 e. The third-order valence-corrected chi connectivity index (χ3v) is 3.68. The summed E-state index contributed by atoms with van der Waals surface area (Å²) in [5, 5.41) is 4.76. The van der Waals surface area contributed by atoms with Gasteiger partial charge in [0.1, 0.15) is 0 Å². The fourth-order valence-electron chi connectivity index (χ4n) is 2.23. The van der Waals surface area contributed by atoms with E-state index in [2.05, 4.69) is 5.32 Å². The van der Waals surface area contributed by atoms with Crippen molar-refractivity contribution >= 4 is 23.2 Å². The van der Waals surface area contributed by atoms with Gasteiger partial charge in [0.15, 0.2) is 0 Å². The molecular weight excluding hydrogens is 245 g/mol. The van der Waals surface area contributed by atoms with Crippen LogP contribution in [0.5, 0.6) is 0 Å². The first-order valence-corrected chi connectivity index (χ1v) is 6.15. The molecule has 1 aliphatic rings. The lowest BCUT2D eigenvalue weighted by Gasteiger charge is -2.37. The average Bonchev–Trinajstić information content (AvgIpc) is 2.28. The molecule has 0 radical (unpaired) electrons. The number of rotatable bonds is 2. The Labute approximate surface area is 106 Å². The van der Waals surface area contributed by atoms with Crippen LogP contribution in [-0.4, -0.2) is 20.3 Å². The van der Waals surface area contributed by atoms with Crippen LogP contribution in [0.1, 0.15) is 18.4 Å². The molecule has 2 rings (SSSR count). The summed E-state index contributed by atoms with van der Waals surface area (Å²) in [6.07, 6.45) is 1.89. The van der Waals surface area contributed by atoms with Crippen LogP contribution < -0.4 is 5.32 Å². The molecule has 0 spiro atoms. The summed E-state index contributed by atoms with van der Waals surface area (Å²) in [7, 11) is 1.97. The second kappa shape index (κ2) is 4.92. The maximum atomic E-state index is 6.04. The van der Waals surface area contributed by atoms with Crippen molar-refractivity contribution < 1.29 is 4.74 Å². The lowest BCUT2D eigenvalue weighted by Crippen LogP contribution is -2.44. The number of ether oxygens (including phenoxy) is 1. The molecule has 0 unspecified atom stereocenters. The molecule has 88 valence electrons. The molecule has 16 heavy (non-hydrogen) atoms. The summed E-state index contributed by atoms with van der Waals surface area (Å²) in [6, 6.07) is 5.72. The van der Waals surface area contributed by atoms with Gasteiger partial charge in [0.2, 0.25) is 0 Å². The van der Waals surface area contributed by atoms with Gasteiger partial charge in [0.25, 0.3) is 0 Å². The molecule has 4 heteroatoms. The van der Waals surface area contributed by atoms with Crippen LogP contribution in [-0.2, 0) is 10.3 Å². The van der Waals surface area contributed by atoms with Gasteiger partial charge in [-0.15, -0.1) is 0 Å². The van der Waals surface area contributed by atoms with Crippen molar-refractivity contribution in [2.45, 2.75) is 18.4 Å². The Morgan fingerprint density at radius 1 is 1.12 bits per heavy atom. The summed E-state index contributed by atoms with van der Waals surface area (Å²) >= 11 is 12.1. The minimum Gasteiger partial charge on any atom is -0.381 e. The highest BCUT2D eigenvalue weighted by Gasteiger charge is 2.33. The SMILES string of the molecule is CNC1(c2cc(Cl)cc(Cl)c2)CCOCC1. The van der Waals surface area contributed by atoms with Gasteiger partial charge in [-0.1, -0.05) is 23.2 Å². The quantitative estimate of drug-likeness (QED) is 0.881. The topological polar surface area (TPSA) is 21.3 Å². The van der Waals surface area contributed by atoms with E-state index in [4.69, 9.17) is 27.9 Å². The van der Waals surface area contributed by atoms with Crippen molar-refractivity contribution in [2.24, 2.45) is 0 Å². The summed E-state index contributed by atoms with van der Waals surface area (Å²) in [5.41, 5.74) is 1.10. The molecule has 0 amide bonds. The van der Waals surface area contributed by atoms with Gasteiger partial charge in [-0.2, -0.15) is 0 Å². The minimum atomic E-state index is -0.0488. The highest BCUT2D eigenvalue weighted by Crippen LogP contribution is 2.34. The second-order valence-electron chi connectivity index (χ2n) is 4.10. The maximum absolute atomic E-state index is 6.04. The van der Waals surface area contributed by atoms with Crippen molar-refractivity contribution in [2.75, 3.05) is 20.3 Å². The molecule has 0 aromatic heterocycles. The van der Waals surface area contributed by atoms with Gasteiger partial charge in [0, 0.05) is 28.8 Å². The Hall–Kier alpha value is -0.280. The zero-order valence-corrected chi connectivity index (χ0v) is 10.7. The third kappa shape index (κ3) is 2.35. The molecule has 1 N–H and O–H groups in total. The first-order valence-electron chi connectivity index (χ1n) is 5.39. The normalized spacial score (nSPS) is 19.7. The fourth-order valence-corrected chi connectivity index (χ4v) is 2.76. The van der Waals surface area contributed by atoms with E-state index in [0.29, 0.717) is 10.0 Å². The van der Waals surface area contributed by atoms with E-state index in [1.54, 1.807) is 6.07 Å². The van der Waals surface area contributed by atoms with Crippen LogP contribution >= 0.6 is 23.2 Å². The molecule has 1 aromatic rings. The molecule has 1 heterocycles. The van der Waals surface area contributed by atoms with E-state index >= 15 is 0 Å². The lowest BCUT2D eigenvalue weighted by atomic mass is 9.83. The van der Waals surface area contributed by atoms with Gasteiger partial charge < -0.3 is 10.1 Å². The van der Waals surface area contributed by atoms with Crippen LogP contribution in [0.15, 0.2) is 18.2 Å². The fraction of sp³-hybridized carbons (Fsp3) is 0.500. The van der Waals surface area contributed by atoms with Crippen LogP contribution in [0, 0.1) is 0 Å². The second-order valence-corrected chi connectivity index (χ2v) is 4.98. The molecule has 2 nitrogen and oxygen atoms in total. The Kier molecular flexibility index (Phi) is 3.75. The Morgan fingerprint density at radius 2 is 1.69 bits per heavy atom. The van der Waals surface area contributed by atoms with E-state index in [1.165, 1.54) is 0 Å². The molecule has 1 aromatic carbocycles. The molecule has 0 saturated carbocycles. The van der Waals surface area contributed by atoms with Gasteiger partial charge in [-0.05, 0) is 43.7 Å². The highest BCUT2D eigenvalue weighted by molar-refractivity contribution is 6.34. The summed E-state index contributed by atoms with van der Waals surface area (Å²) in [5.74, 6) is 0. The molecule has 0 atom stereocenters. The van der Waals surface area contributed by atoms with Crippen molar-refractivity contribution in [1.82, 2.24) is 5.32 Å². The predicted octanol–water partition coefficient (Wildman–Crippen LogP) is 3.22. The van der Waals surface area contributed by atoms with E-state index in [1.807, 2.05) is 19.2 Å². The van der Waals surface area contributed by atoms with Crippen LogP contribution in [0.2, 0.25) is 10.0 Å². The Balaban J connectivity index is 2.38. The molecule has 0 bridgehead atoms. The monoisotopic (exact) mass is 259 g/mol. The van der Waals surface area contributed by atoms with Gasteiger partial charge >= 0.3 is 0 Å². The summed E-state index contributed by atoms with van der Waals surface area (Å²) in [4.78, 5) is 0. The Morgan fingerprint density at radius 3 is 2.19 bits per heavy atom. The van der Waals surface area contributed by atoms with E-state index in [-0.39, 0.29) is 5.54 Å². The lowest BCUT2D eigenvalue weighted by molar-refractivity contribution is 0.0398. The van der Waals surface area contributed by atoms with Crippen molar-refractivity contribution in [3.8, 4) is 0 Å². The average molecular weight is 260 g/mol. The zero-order valence-electron chi connectivity index (χ0n) is 9.22. The van der Waals surface area contributed by atoms with Gasteiger partial charge in [-0.25, -0.2) is 0 Å². The van der Waals surface area contributed by atoms with E-state index in [9.17, 15) is 0 Å². The molecular formula is C12H15Cl2NO. The smallest absolute Gasteiger partial charge is 0.0486 e. The number of halogens is 2. The first-order chi connectivity index (χ1) is 7.66. The number of benzene rings is 1. The van der Waals surface area contributed by atoms with Gasteiger partial charge in [0.05, 0.1) is 0 Å². The molecule has 1 saturated heterocycles. The van der Waals surface area contributed by atoms with E-state index < -0.39 is 0 Å². The first kappa shape index (κ1) is 12.2. The number of hydrogen-bond donors (Lipinski definition) is 1. The highest BCUT2D eigenvalue weighted by atomic mass is 35.5. The Bertz CT molecular complexity index is 355. The zero-order chi connectivity index (χ0) is 11.6. The predicted molar refractivity (Wildman–Crippen MR) is 67.3 cm³/mol. The molecule has 1 aliphatic heterocycles. The van der Waals surface area contributed by atoms with Crippen molar-refractivity contribution in [1.29, 1.82) is 0 Å². The summed E-state index contributed by atoms with van der Waals surface area (Å²) in [6.45, 7) is 1.54. The minimum absolute atomic E-state index is 0.0488. The molecule has 1 fully saturated rings. The van der Waals surface area contributed by atoms with Crippen LogP contribution in [0.3, 0.4) is 0 Å². The van der Waals surface area contributed by atoms with Crippen molar-refractivity contribution in [3.63, 3.8) is 0 Å². The standard InChI is InChI=1S/C12H15Cl2NO/c1-15-12(2-4-16-5-3-12)9-6-10(13)8-11(14)7-9/h6-8,15H,2-5H2,1H3. The van der Waals surface area contributed by atoms with Crippen LogP contribution in [0.4, 0.5) is 0 Å². The summed E-state index contributed by atoms with van der Waals surface area (Å²) < 4.78 is 5.40. The van der Waals surface area contributed by atoms with Crippen LogP contribution in [0.25, 0.3) is 0 Å². The largest absolute Gasteiger partial charge is 0.381 e. The van der Waals surface area contributed by atoms with E-state index in [0.717, 1.165) is 31.6 Å². The number of hydrogen-bond acceptors (Lipinski definition) is 2. The van der Waals surface area contributed by atoms with Gasteiger partial charge in [-0.3, -0.25) is 0 Å². The number of nitrogens with one attached hydrogen (secondary N) is 1.